The van der Waals surface area contributed by atoms with Crippen LogP contribution in [0, 0.1) is 5.92 Å². The number of hydrogen-bond donors (Lipinski definition) is 3. The van der Waals surface area contributed by atoms with Crippen molar-refractivity contribution in [3.8, 4) is 5.75 Å². The van der Waals surface area contributed by atoms with Crippen molar-refractivity contribution in [2.75, 3.05) is 37.4 Å². The van der Waals surface area contributed by atoms with Crippen LogP contribution in [0.3, 0.4) is 0 Å². The van der Waals surface area contributed by atoms with Crippen LogP contribution in [0.15, 0.2) is 71.6 Å². The Morgan fingerprint density at radius 2 is 1.69 bits per heavy atom. The standard InChI is InChI=1S/C30H32ClF3N4O6S/c1-18-15-38(19(2)17-39)28(40)25-14-23(36-29(41)35-22-8-4-20(5-9-22)30(32,33)34)10-13-26(25)44-27(18)16-37(3)45(42,43)24-11-6-21(31)7-12-24/h4-14,18-19,27,39H,15-17H2,1-3H3,(H2,35,36,41)/t18-,19+,27-/m0/s1. The maximum Gasteiger partial charge on any atom is 0.416 e. The molecule has 0 spiro atoms. The number of halogens is 4. The SMILES string of the molecule is C[C@H](CO)N1C[C@H](C)[C@H](CN(C)S(=O)(=O)c2ccc(Cl)cc2)Oc2ccc(NC(=O)Nc3ccc(C(F)(F)F)cc3)cc2C1=O. The Morgan fingerprint density at radius 1 is 1.09 bits per heavy atom. The summed E-state index contributed by atoms with van der Waals surface area (Å²) >= 11 is 5.92. The Balaban J connectivity index is 1.58. The fraction of sp³-hybridized carbons (Fsp3) is 0.333. The van der Waals surface area contributed by atoms with Crippen LogP contribution in [0.5, 0.6) is 5.75 Å². The molecule has 1 aliphatic heterocycles. The molecule has 0 bridgehead atoms. The molecule has 3 aromatic carbocycles. The lowest BCUT2D eigenvalue weighted by Crippen LogP contribution is -2.50. The molecule has 0 unspecified atom stereocenters. The lowest BCUT2D eigenvalue weighted by molar-refractivity contribution is -0.137. The molecule has 242 valence electrons. The number of ether oxygens (including phenoxy) is 1. The third kappa shape index (κ3) is 8.06. The number of aliphatic hydroxyl groups excluding tert-OH is 1. The smallest absolute Gasteiger partial charge is 0.416 e. The summed E-state index contributed by atoms with van der Waals surface area (Å²) < 4.78 is 72.5. The van der Waals surface area contributed by atoms with Gasteiger partial charge in [0, 0.05) is 35.9 Å². The molecular formula is C30H32ClF3N4O6S. The number of alkyl halides is 3. The predicted octanol–water partition coefficient (Wildman–Crippen LogP) is 5.54. The van der Waals surface area contributed by atoms with Gasteiger partial charge in [0.2, 0.25) is 10.0 Å². The van der Waals surface area contributed by atoms with Crippen LogP contribution in [0.1, 0.15) is 29.8 Å². The first-order valence-electron chi connectivity index (χ1n) is 13.8. The largest absolute Gasteiger partial charge is 0.488 e. The molecule has 3 amide bonds. The van der Waals surface area contributed by atoms with Gasteiger partial charge < -0.3 is 25.4 Å². The molecule has 0 aromatic heterocycles. The maximum atomic E-state index is 13.7. The Labute approximate surface area is 263 Å². The van der Waals surface area contributed by atoms with Gasteiger partial charge in [0.05, 0.1) is 35.2 Å². The zero-order chi connectivity index (χ0) is 33.1. The number of benzene rings is 3. The Hall–Kier alpha value is -3.85. The number of anilines is 2. The topological polar surface area (TPSA) is 128 Å². The molecule has 15 heteroatoms. The summed E-state index contributed by atoms with van der Waals surface area (Å²) in [6.07, 6.45) is -5.24. The summed E-state index contributed by atoms with van der Waals surface area (Å²) in [7, 11) is -2.50. The van der Waals surface area contributed by atoms with Crippen molar-refractivity contribution < 1.29 is 41.0 Å². The second-order valence-corrected chi connectivity index (χ2v) is 13.2. The highest BCUT2D eigenvalue weighted by Crippen LogP contribution is 2.32. The number of carbonyl (C=O) groups is 2. The molecule has 4 rings (SSSR count). The molecule has 0 saturated heterocycles. The van der Waals surface area contributed by atoms with Crippen LogP contribution < -0.4 is 15.4 Å². The predicted molar refractivity (Wildman–Crippen MR) is 163 cm³/mol. The summed E-state index contributed by atoms with van der Waals surface area (Å²) in [5.41, 5.74) is -0.512. The van der Waals surface area contributed by atoms with Crippen LogP contribution >= 0.6 is 11.6 Å². The molecule has 10 nitrogen and oxygen atoms in total. The van der Waals surface area contributed by atoms with Gasteiger partial charge in [0.15, 0.2) is 0 Å². The second-order valence-electron chi connectivity index (χ2n) is 10.7. The van der Waals surface area contributed by atoms with Crippen molar-refractivity contribution in [3.63, 3.8) is 0 Å². The van der Waals surface area contributed by atoms with Gasteiger partial charge in [-0.1, -0.05) is 18.5 Å². The third-order valence-corrected chi connectivity index (χ3v) is 9.44. The van der Waals surface area contributed by atoms with Crippen LogP contribution in [-0.2, 0) is 16.2 Å². The van der Waals surface area contributed by atoms with Crippen LogP contribution in [-0.4, -0.2) is 73.6 Å². The number of likely N-dealkylation sites (N-methyl/N-ethyl adjacent to an activating group) is 1. The van der Waals surface area contributed by atoms with E-state index in [0.29, 0.717) is 5.02 Å². The number of amides is 3. The summed E-state index contributed by atoms with van der Waals surface area (Å²) in [4.78, 5) is 27.8. The van der Waals surface area contributed by atoms with Crippen molar-refractivity contribution in [1.82, 2.24) is 9.21 Å². The second kappa shape index (κ2) is 13.6. The summed E-state index contributed by atoms with van der Waals surface area (Å²) in [5, 5.41) is 15.3. The number of urea groups is 1. The van der Waals surface area contributed by atoms with Crippen molar-refractivity contribution >= 4 is 44.9 Å². The normalized spacial score (nSPS) is 18.0. The molecule has 45 heavy (non-hydrogen) atoms. The lowest BCUT2D eigenvalue weighted by atomic mass is 9.99. The average molecular weight is 669 g/mol. The van der Waals surface area contributed by atoms with Gasteiger partial charge in [-0.3, -0.25) is 4.79 Å². The van der Waals surface area contributed by atoms with E-state index in [1.165, 1.54) is 54.4 Å². The molecule has 1 aliphatic rings. The van der Waals surface area contributed by atoms with Crippen molar-refractivity contribution in [1.29, 1.82) is 0 Å². The fourth-order valence-electron chi connectivity index (χ4n) is 4.69. The molecule has 0 radical (unpaired) electrons. The number of hydrogen-bond acceptors (Lipinski definition) is 6. The minimum atomic E-state index is -4.52. The minimum Gasteiger partial charge on any atom is -0.488 e. The molecule has 0 aliphatic carbocycles. The monoisotopic (exact) mass is 668 g/mol. The van der Waals surface area contributed by atoms with Crippen molar-refractivity contribution in [2.24, 2.45) is 5.92 Å². The highest BCUT2D eigenvalue weighted by atomic mass is 35.5. The summed E-state index contributed by atoms with van der Waals surface area (Å²) in [5.74, 6) is -0.713. The summed E-state index contributed by atoms with van der Waals surface area (Å²) in [6.45, 7) is 3.20. The zero-order valence-electron chi connectivity index (χ0n) is 24.5. The van der Waals surface area contributed by atoms with Crippen LogP contribution in [0.4, 0.5) is 29.3 Å². The van der Waals surface area contributed by atoms with Gasteiger partial charge in [-0.05, 0) is 73.7 Å². The Kier molecular flexibility index (Phi) is 10.3. The number of carbonyl (C=O) groups excluding carboxylic acids is 2. The van der Waals surface area contributed by atoms with E-state index in [9.17, 15) is 36.3 Å². The molecule has 1 heterocycles. The van der Waals surface area contributed by atoms with E-state index in [1.807, 2.05) is 6.92 Å². The molecule has 3 aromatic rings. The number of fused-ring (bicyclic) bond motifs is 1. The van der Waals surface area contributed by atoms with Gasteiger partial charge in [-0.15, -0.1) is 0 Å². The van der Waals surface area contributed by atoms with Crippen molar-refractivity contribution in [2.45, 2.75) is 37.1 Å². The van der Waals surface area contributed by atoms with E-state index in [0.717, 1.165) is 28.6 Å². The maximum absolute atomic E-state index is 13.7. The van der Waals surface area contributed by atoms with Crippen LogP contribution in [0.25, 0.3) is 0 Å². The number of nitrogens with zero attached hydrogens (tertiary/aromatic N) is 2. The first kappa shape index (κ1) is 34.0. The Bertz CT molecular complexity index is 1640. The highest BCUT2D eigenvalue weighted by molar-refractivity contribution is 7.89. The highest BCUT2D eigenvalue weighted by Gasteiger charge is 2.35. The molecule has 3 N–H and O–H groups in total. The number of aliphatic hydroxyl groups is 1. The fourth-order valence-corrected chi connectivity index (χ4v) is 6.00. The first-order chi connectivity index (χ1) is 21.1. The van der Waals surface area contributed by atoms with E-state index in [2.05, 4.69) is 10.6 Å². The first-order valence-corrected chi connectivity index (χ1v) is 15.6. The molecule has 0 fully saturated rings. The molecule has 3 atom stereocenters. The zero-order valence-corrected chi connectivity index (χ0v) is 26.1. The van der Waals surface area contributed by atoms with E-state index < -0.39 is 45.8 Å². The minimum absolute atomic E-state index is 0.0456. The third-order valence-electron chi connectivity index (χ3n) is 7.35. The van der Waals surface area contributed by atoms with Gasteiger partial charge in [-0.25, -0.2) is 13.2 Å². The van der Waals surface area contributed by atoms with E-state index in [4.69, 9.17) is 16.3 Å². The average Bonchev–Trinajstić information content (AvgIpc) is 2.98. The van der Waals surface area contributed by atoms with Gasteiger partial charge in [-0.2, -0.15) is 17.5 Å². The number of nitrogens with one attached hydrogen (secondary N) is 2. The summed E-state index contributed by atoms with van der Waals surface area (Å²) in [6, 6.07) is 12.6. The van der Waals surface area contributed by atoms with Crippen LogP contribution in [0.2, 0.25) is 5.02 Å². The van der Waals surface area contributed by atoms with Gasteiger partial charge >= 0.3 is 12.2 Å². The van der Waals surface area contributed by atoms with Gasteiger partial charge in [0.25, 0.3) is 5.91 Å². The number of sulfonamides is 1. The van der Waals surface area contributed by atoms with E-state index in [-0.39, 0.29) is 53.2 Å². The van der Waals surface area contributed by atoms with E-state index in [1.54, 1.807) is 6.92 Å². The quantitative estimate of drug-likeness (QED) is 0.289. The lowest BCUT2D eigenvalue weighted by Gasteiger charge is -2.38. The van der Waals surface area contributed by atoms with E-state index >= 15 is 0 Å². The number of rotatable bonds is 8. The Morgan fingerprint density at radius 3 is 2.29 bits per heavy atom. The van der Waals surface area contributed by atoms with Crippen molar-refractivity contribution in [3.05, 3.63) is 82.9 Å². The van der Waals surface area contributed by atoms with Gasteiger partial charge in [0.1, 0.15) is 11.9 Å². The molecule has 0 saturated carbocycles. The molecular weight excluding hydrogens is 637 g/mol.